The molecule has 12 heavy (non-hydrogen) atoms. The van der Waals surface area contributed by atoms with Crippen LogP contribution in [0.3, 0.4) is 0 Å². The van der Waals surface area contributed by atoms with Gasteiger partial charge in [-0.1, -0.05) is 0 Å². The summed E-state index contributed by atoms with van der Waals surface area (Å²) in [6, 6.07) is 0. The van der Waals surface area contributed by atoms with Crippen LogP contribution in [0.2, 0.25) is 0 Å². The van der Waals surface area contributed by atoms with E-state index in [1.807, 2.05) is 0 Å². The van der Waals surface area contributed by atoms with Crippen molar-refractivity contribution in [1.29, 1.82) is 0 Å². The monoisotopic (exact) mass is 168 g/mol. The van der Waals surface area contributed by atoms with Crippen molar-refractivity contribution in [2.24, 2.45) is 17.8 Å². The van der Waals surface area contributed by atoms with Crippen molar-refractivity contribution >= 4 is 11.8 Å². The largest absolute Gasteiger partial charge is 0.481 e. The first kappa shape index (κ1) is 7.77. The molecular weight excluding hydrogens is 156 g/mol. The third-order valence-corrected chi connectivity index (χ3v) is 3.20. The molecule has 3 atom stereocenters. The zero-order chi connectivity index (χ0) is 8.72. The molecule has 0 aromatic carbocycles. The molecule has 0 aromatic heterocycles. The van der Waals surface area contributed by atoms with Gasteiger partial charge in [0.25, 0.3) is 0 Å². The molecule has 2 bridgehead atoms. The van der Waals surface area contributed by atoms with E-state index in [-0.39, 0.29) is 24.0 Å². The fourth-order valence-corrected chi connectivity index (χ4v) is 2.63. The van der Waals surface area contributed by atoms with Crippen LogP contribution in [0.4, 0.5) is 0 Å². The molecule has 2 aliphatic rings. The molecule has 0 amide bonds. The molecule has 3 nitrogen and oxygen atoms in total. The van der Waals surface area contributed by atoms with Crippen LogP contribution in [-0.4, -0.2) is 16.9 Å². The lowest BCUT2D eigenvalue weighted by Gasteiger charge is -2.17. The van der Waals surface area contributed by atoms with Crippen LogP contribution >= 0.6 is 0 Å². The maximum atomic E-state index is 11.4. The molecule has 66 valence electrons. The van der Waals surface area contributed by atoms with E-state index in [0.29, 0.717) is 5.92 Å². The highest BCUT2D eigenvalue weighted by molar-refractivity contribution is 5.89. The van der Waals surface area contributed by atoms with Crippen molar-refractivity contribution < 1.29 is 14.7 Å². The maximum absolute atomic E-state index is 11.4. The summed E-state index contributed by atoms with van der Waals surface area (Å²) in [5.74, 6) is -0.172. The van der Waals surface area contributed by atoms with E-state index in [4.69, 9.17) is 5.11 Å². The fraction of sp³-hybridized carbons (Fsp3) is 0.778. The van der Waals surface area contributed by atoms with Crippen molar-refractivity contribution in [2.75, 3.05) is 0 Å². The second-order valence-corrected chi connectivity index (χ2v) is 3.88. The molecule has 2 rings (SSSR count). The zero-order valence-corrected chi connectivity index (χ0v) is 6.82. The van der Waals surface area contributed by atoms with Crippen molar-refractivity contribution in [3.8, 4) is 0 Å². The fourth-order valence-electron chi connectivity index (χ4n) is 2.63. The van der Waals surface area contributed by atoms with Gasteiger partial charge in [0, 0.05) is 11.8 Å². The Balaban J connectivity index is 2.07. The molecule has 3 heteroatoms. The van der Waals surface area contributed by atoms with Crippen LogP contribution in [0.1, 0.15) is 25.7 Å². The number of carbonyl (C=O) groups excluding carboxylic acids is 1. The molecule has 2 fully saturated rings. The van der Waals surface area contributed by atoms with Gasteiger partial charge in [0.1, 0.15) is 5.78 Å². The number of hydrogen-bond acceptors (Lipinski definition) is 2. The summed E-state index contributed by atoms with van der Waals surface area (Å²) in [7, 11) is 0. The Morgan fingerprint density at radius 3 is 2.75 bits per heavy atom. The van der Waals surface area contributed by atoms with Crippen LogP contribution in [0, 0.1) is 17.8 Å². The van der Waals surface area contributed by atoms with Gasteiger partial charge in [-0.2, -0.15) is 0 Å². The normalized spacial score (nSPS) is 39.0. The van der Waals surface area contributed by atoms with Gasteiger partial charge in [0.2, 0.25) is 0 Å². The molecule has 0 aromatic rings. The number of carboxylic acid groups (broad SMARTS) is 1. The van der Waals surface area contributed by atoms with E-state index in [2.05, 4.69) is 0 Å². The smallest absolute Gasteiger partial charge is 0.304 e. The van der Waals surface area contributed by atoms with E-state index < -0.39 is 5.97 Å². The van der Waals surface area contributed by atoms with Gasteiger partial charge in [0.05, 0.1) is 6.42 Å². The van der Waals surface area contributed by atoms with Crippen molar-refractivity contribution in [3.63, 3.8) is 0 Å². The van der Waals surface area contributed by atoms with Crippen molar-refractivity contribution in [3.05, 3.63) is 0 Å². The van der Waals surface area contributed by atoms with E-state index in [9.17, 15) is 9.59 Å². The van der Waals surface area contributed by atoms with E-state index in [0.717, 1.165) is 19.3 Å². The van der Waals surface area contributed by atoms with Gasteiger partial charge in [-0.15, -0.1) is 0 Å². The molecule has 0 aliphatic heterocycles. The summed E-state index contributed by atoms with van der Waals surface area (Å²) >= 11 is 0. The SMILES string of the molecule is O=C(O)CC1C(=O)C2CCC1C2. The number of hydrogen-bond donors (Lipinski definition) is 1. The minimum absolute atomic E-state index is 0.0556. The molecule has 0 saturated heterocycles. The maximum Gasteiger partial charge on any atom is 0.304 e. The highest BCUT2D eigenvalue weighted by atomic mass is 16.4. The first-order valence-corrected chi connectivity index (χ1v) is 4.44. The van der Waals surface area contributed by atoms with Crippen molar-refractivity contribution in [1.82, 2.24) is 0 Å². The minimum Gasteiger partial charge on any atom is -0.481 e. The van der Waals surface area contributed by atoms with Gasteiger partial charge in [-0.3, -0.25) is 9.59 Å². The first-order chi connectivity index (χ1) is 5.68. The van der Waals surface area contributed by atoms with Crippen LogP contribution in [0.25, 0.3) is 0 Å². The Labute approximate surface area is 70.8 Å². The number of carbonyl (C=O) groups is 2. The number of fused-ring (bicyclic) bond motifs is 2. The second-order valence-electron chi connectivity index (χ2n) is 3.88. The van der Waals surface area contributed by atoms with Gasteiger partial charge < -0.3 is 5.11 Å². The van der Waals surface area contributed by atoms with Crippen LogP contribution in [0.15, 0.2) is 0 Å². The summed E-state index contributed by atoms with van der Waals surface area (Å²) < 4.78 is 0. The Morgan fingerprint density at radius 1 is 1.50 bits per heavy atom. The Bertz CT molecular complexity index is 234. The van der Waals surface area contributed by atoms with Crippen LogP contribution in [0.5, 0.6) is 0 Å². The standard InChI is InChI=1S/C9H12O3/c10-8(11)4-7-5-1-2-6(3-5)9(7)12/h5-7H,1-4H2,(H,10,11). The van der Waals surface area contributed by atoms with Gasteiger partial charge in [-0.25, -0.2) is 0 Å². The highest BCUT2D eigenvalue weighted by Gasteiger charge is 2.47. The predicted molar refractivity (Wildman–Crippen MR) is 41.6 cm³/mol. The lowest BCUT2D eigenvalue weighted by molar-refractivity contribution is -0.141. The average molecular weight is 168 g/mol. The molecule has 0 radical (unpaired) electrons. The molecule has 2 saturated carbocycles. The van der Waals surface area contributed by atoms with E-state index >= 15 is 0 Å². The summed E-state index contributed by atoms with van der Waals surface area (Å²) in [5, 5.41) is 8.57. The summed E-state index contributed by atoms with van der Waals surface area (Å²) in [6.45, 7) is 0. The molecular formula is C9H12O3. The van der Waals surface area contributed by atoms with Gasteiger partial charge in [0.15, 0.2) is 0 Å². The highest BCUT2D eigenvalue weighted by Crippen LogP contribution is 2.46. The number of rotatable bonds is 2. The van der Waals surface area contributed by atoms with Gasteiger partial charge >= 0.3 is 5.97 Å². The Morgan fingerprint density at radius 2 is 2.25 bits per heavy atom. The molecule has 3 unspecified atom stereocenters. The second kappa shape index (κ2) is 2.57. The minimum atomic E-state index is -0.832. The van der Waals surface area contributed by atoms with Crippen LogP contribution in [-0.2, 0) is 9.59 Å². The lowest BCUT2D eigenvalue weighted by Crippen LogP contribution is -2.24. The quantitative estimate of drug-likeness (QED) is 0.671. The molecule has 0 heterocycles. The number of aliphatic carboxylic acids is 1. The Kier molecular flexibility index (Phi) is 1.67. The molecule has 2 aliphatic carbocycles. The summed E-state index contributed by atoms with van der Waals surface area (Å²) in [5.41, 5.74) is 0. The predicted octanol–water partition coefficient (Wildman–Crippen LogP) is 1.08. The van der Waals surface area contributed by atoms with Gasteiger partial charge in [-0.05, 0) is 25.2 Å². The van der Waals surface area contributed by atoms with Crippen molar-refractivity contribution in [2.45, 2.75) is 25.7 Å². The number of carboxylic acids is 1. The van der Waals surface area contributed by atoms with E-state index in [1.165, 1.54) is 0 Å². The number of Topliss-reactive ketones (excluding diaryl/α,β-unsaturated/α-hetero) is 1. The zero-order valence-electron chi connectivity index (χ0n) is 6.82. The van der Waals surface area contributed by atoms with Crippen LogP contribution < -0.4 is 0 Å². The van der Waals surface area contributed by atoms with E-state index in [1.54, 1.807) is 0 Å². The third kappa shape index (κ3) is 1.04. The molecule has 1 N–H and O–H groups in total. The Hall–Kier alpha value is -0.860. The summed E-state index contributed by atoms with van der Waals surface area (Å²) in [4.78, 5) is 21.9. The average Bonchev–Trinajstić information content (AvgIpc) is 2.53. The molecule has 0 spiro atoms. The number of ketones is 1. The first-order valence-electron chi connectivity index (χ1n) is 4.44. The third-order valence-electron chi connectivity index (χ3n) is 3.20. The lowest BCUT2D eigenvalue weighted by atomic mass is 9.85. The summed E-state index contributed by atoms with van der Waals surface area (Å²) in [6.07, 6.45) is 3.07. The topological polar surface area (TPSA) is 54.4 Å².